The lowest BCUT2D eigenvalue weighted by atomic mass is 9.62. The molecule has 4 rings (SSSR count). The highest BCUT2D eigenvalue weighted by molar-refractivity contribution is 6.04. The number of carbonyl (C=O) groups is 3. The number of nitrogens with zero attached hydrogens (tertiary/aromatic N) is 1. The maximum atomic E-state index is 14.2. The maximum Gasteiger partial charge on any atom is 0.250 e. The van der Waals surface area contributed by atoms with Gasteiger partial charge in [0.2, 0.25) is 17.7 Å². The van der Waals surface area contributed by atoms with Gasteiger partial charge in [-0.15, -0.1) is 0 Å². The number of aliphatic hydroxyl groups is 1. The van der Waals surface area contributed by atoms with Gasteiger partial charge < -0.3 is 25.4 Å². The minimum Gasteiger partial charge on any atom is -0.394 e. The van der Waals surface area contributed by atoms with Crippen LogP contribution in [-0.2, 0) is 19.1 Å². The summed E-state index contributed by atoms with van der Waals surface area (Å²) in [6.07, 6.45) is 1.28. The van der Waals surface area contributed by atoms with Gasteiger partial charge in [0.05, 0.1) is 30.1 Å². The van der Waals surface area contributed by atoms with Gasteiger partial charge in [-0.25, -0.2) is 0 Å². The van der Waals surface area contributed by atoms with Crippen molar-refractivity contribution in [3.8, 4) is 0 Å². The molecule has 0 aromatic heterocycles. The molecule has 198 valence electrons. The molecule has 8 nitrogen and oxygen atoms in total. The quantitative estimate of drug-likeness (QED) is 0.510. The molecule has 1 spiro atoms. The van der Waals surface area contributed by atoms with Crippen molar-refractivity contribution in [3.05, 3.63) is 29.3 Å². The van der Waals surface area contributed by atoms with Crippen LogP contribution in [0.15, 0.2) is 18.2 Å². The molecule has 8 heteroatoms. The molecule has 1 aromatic carbocycles. The summed E-state index contributed by atoms with van der Waals surface area (Å²) in [7, 11) is 0. The summed E-state index contributed by atoms with van der Waals surface area (Å²) in [5, 5.41) is 16.4. The predicted octanol–water partition coefficient (Wildman–Crippen LogP) is 2.80. The Balaban J connectivity index is 1.82. The molecule has 1 aromatic rings. The Morgan fingerprint density at radius 1 is 1.25 bits per heavy atom. The van der Waals surface area contributed by atoms with Crippen LogP contribution in [0.25, 0.3) is 0 Å². The number of ether oxygens (including phenoxy) is 1. The van der Waals surface area contributed by atoms with E-state index in [1.165, 1.54) is 4.90 Å². The largest absolute Gasteiger partial charge is 0.394 e. The Labute approximate surface area is 214 Å². The molecule has 3 heterocycles. The molecule has 3 aliphatic heterocycles. The summed E-state index contributed by atoms with van der Waals surface area (Å²) in [5.41, 5.74) is 0.614. The van der Waals surface area contributed by atoms with Crippen LogP contribution in [0.1, 0.15) is 58.6 Å². The van der Waals surface area contributed by atoms with Crippen LogP contribution >= 0.6 is 0 Å². The molecule has 3 amide bonds. The summed E-state index contributed by atoms with van der Waals surface area (Å²) in [4.78, 5) is 43.3. The SMILES string of the molecule is CCCNC(=O)[C@H]1[C@H]2C(=O)N([C@@H](CO)C(C)C)C(C(=O)Nc3cc(C)ccc3C)C23CC(C)[C@]1(C)O3. The minimum atomic E-state index is -1.14. The second-order valence-corrected chi connectivity index (χ2v) is 11.5. The number of anilines is 1. The highest BCUT2D eigenvalue weighted by atomic mass is 16.5. The fraction of sp³-hybridized carbons (Fsp3) is 0.679. The third-order valence-corrected chi connectivity index (χ3v) is 8.80. The Morgan fingerprint density at radius 3 is 2.56 bits per heavy atom. The number of hydrogen-bond donors (Lipinski definition) is 3. The molecule has 3 aliphatic rings. The molecule has 0 radical (unpaired) electrons. The molecule has 0 saturated carbocycles. The normalized spacial score (nSPS) is 33.7. The Bertz CT molecular complexity index is 1060. The Hall–Kier alpha value is -2.45. The van der Waals surface area contributed by atoms with Gasteiger partial charge in [-0.1, -0.05) is 39.8 Å². The zero-order valence-electron chi connectivity index (χ0n) is 22.6. The zero-order chi connectivity index (χ0) is 26.6. The molecule has 0 aliphatic carbocycles. The van der Waals surface area contributed by atoms with Crippen molar-refractivity contribution < 1.29 is 24.2 Å². The highest BCUT2D eigenvalue weighted by Gasteiger charge is 2.80. The van der Waals surface area contributed by atoms with Crippen LogP contribution in [0, 0.1) is 37.5 Å². The zero-order valence-corrected chi connectivity index (χ0v) is 22.6. The van der Waals surface area contributed by atoms with E-state index >= 15 is 0 Å². The second-order valence-electron chi connectivity index (χ2n) is 11.5. The van der Waals surface area contributed by atoms with E-state index < -0.39 is 35.1 Å². The van der Waals surface area contributed by atoms with Crippen LogP contribution in [0.5, 0.6) is 0 Å². The monoisotopic (exact) mass is 499 g/mol. The first-order valence-corrected chi connectivity index (χ1v) is 13.2. The fourth-order valence-electron chi connectivity index (χ4n) is 6.78. The van der Waals surface area contributed by atoms with Gasteiger partial charge in [0.1, 0.15) is 11.6 Å². The first-order chi connectivity index (χ1) is 16.9. The minimum absolute atomic E-state index is 0.0264. The Kier molecular flexibility index (Phi) is 6.99. The van der Waals surface area contributed by atoms with Gasteiger partial charge in [-0.05, 0) is 62.6 Å². The molecule has 3 N–H and O–H groups in total. The van der Waals surface area contributed by atoms with Crippen molar-refractivity contribution in [2.45, 2.75) is 84.6 Å². The van der Waals surface area contributed by atoms with Crippen molar-refractivity contribution in [1.82, 2.24) is 10.2 Å². The molecule has 36 heavy (non-hydrogen) atoms. The summed E-state index contributed by atoms with van der Waals surface area (Å²) in [6.45, 7) is 13.9. The van der Waals surface area contributed by atoms with E-state index in [-0.39, 0.29) is 36.2 Å². The number of carbonyl (C=O) groups excluding carboxylic acids is 3. The smallest absolute Gasteiger partial charge is 0.250 e. The molecule has 3 fully saturated rings. The number of fused-ring (bicyclic) bond motifs is 1. The van der Waals surface area contributed by atoms with E-state index in [1.54, 1.807) is 0 Å². The van der Waals surface area contributed by atoms with E-state index in [0.717, 1.165) is 17.5 Å². The van der Waals surface area contributed by atoms with Gasteiger partial charge in [-0.2, -0.15) is 0 Å². The number of rotatable bonds is 8. The third kappa shape index (κ3) is 3.84. The van der Waals surface area contributed by atoms with Crippen LogP contribution in [0.4, 0.5) is 5.69 Å². The summed E-state index contributed by atoms with van der Waals surface area (Å²) in [6, 6.07) is 4.31. The highest BCUT2D eigenvalue weighted by Crippen LogP contribution is 2.65. The molecular weight excluding hydrogens is 458 g/mol. The molecule has 2 bridgehead atoms. The first-order valence-electron chi connectivity index (χ1n) is 13.2. The topological polar surface area (TPSA) is 108 Å². The first kappa shape index (κ1) is 26.6. The van der Waals surface area contributed by atoms with Crippen LogP contribution in [0.2, 0.25) is 0 Å². The average molecular weight is 500 g/mol. The van der Waals surface area contributed by atoms with Gasteiger partial charge in [0, 0.05) is 12.2 Å². The number of hydrogen-bond acceptors (Lipinski definition) is 5. The molecular formula is C28H41N3O5. The fourth-order valence-corrected chi connectivity index (χ4v) is 6.78. The number of benzene rings is 1. The number of likely N-dealkylation sites (tertiary alicyclic amines) is 1. The lowest BCUT2D eigenvalue weighted by molar-refractivity contribution is -0.150. The van der Waals surface area contributed by atoms with Gasteiger partial charge >= 0.3 is 0 Å². The summed E-state index contributed by atoms with van der Waals surface area (Å²) < 4.78 is 6.73. The van der Waals surface area contributed by atoms with Crippen molar-refractivity contribution in [2.75, 3.05) is 18.5 Å². The molecule has 3 saturated heterocycles. The number of aliphatic hydroxyl groups excluding tert-OH is 1. The van der Waals surface area contributed by atoms with E-state index in [9.17, 15) is 19.5 Å². The number of nitrogens with one attached hydrogen (secondary N) is 2. The second kappa shape index (κ2) is 9.45. The predicted molar refractivity (Wildman–Crippen MR) is 137 cm³/mol. The van der Waals surface area contributed by atoms with Crippen molar-refractivity contribution in [1.29, 1.82) is 0 Å². The van der Waals surface area contributed by atoms with Crippen LogP contribution < -0.4 is 10.6 Å². The van der Waals surface area contributed by atoms with Gasteiger partial charge in [-0.3, -0.25) is 14.4 Å². The number of amides is 3. The standard InChI is InChI=1S/C28H41N3O5/c1-8-11-29-24(33)21-22-26(35)31(20(14-32)15(2)3)23(28(22)13-18(6)27(21,7)36-28)25(34)30-19-12-16(4)9-10-17(19)5/h9-10,12,15,18,20-23,32H,8,11,13-14H2,1-7H3,(H,29,33)(H,30,34)/t18?,20-,21+,22-,23?,27-,28?/m0/s1. The lowest BCUT2D eigenvalue weighted by Crippen LogP contribution is -2.57. The van der Waals surface area contributed by atoms with Crippen LogP contribution in [-0.4, -0.2) is 64.2 Å². The maximum absolute atomic E-state index is 14.2. The Morgan fingerprint density at radius 2 is 1.94 bits per heavy atom. The summed E-state index contributed by atoms with van der Waals surface area (Å²) in [5.74, 6) is -2.43. The lowest BCUT2D eigenvalue weighted by Gasteiger charge is -2.38. The van der Waals surface area contributed by atoms with Crippen molar-refractivity contribution in [3.63, 3.8) is 0 Å². The van der Waals surface area contributed by atoms with Gasteiger partial charge in [0.25, 0.3) is 0 Å². The molecule has 3 unspecified atom stereocenters. The average Bonchev–Trinajstić information content (AvgIpc) is 3.32. The van der Waals surface area contributed by atoms with E-state index in [4.69, 9.17) is 4.74 Å². The number of aryl methyl sites for hydroxylation is 2. The third-order valence-electron chi connectivity index (χ3n) is 8.80. The van der Waals surface area contributed by atoms with Crippen LogP contribution in [0.3, 0.4) is 0 Å². The van der Waals surface area contributed by atoms with E-state index in [0.29, 0.717) is 18.7 Å². The van der Waals surface area contributed by atoms with Crippen molar-refractivity contribution >= 4 is 23.4 Å². The van der Waals surface area contributed by atoms with Gasteiger partial charge in [0.15, 0.2) is 0 Å². The van der Waals surface area contributed by atoms with Crippen molar-refractivity contribution in [2.24, 2.45) is 23.7 Å². The summed E-state index contributed by atoms with van der Waals surface area (Å²) >= 11 is 0. The van der Waals surface area contributed by atoms with E-state index in [1.807, 2.05) is 66.7 Å². The van der Waals surface area contributed by atoms with E-state index in [2.05, 4.69) is 10.6 Å². The molecule has 7 atom stereocenters.